The largest absolute Gasteiger partial charge is 0.455 e. The van der Waals surface area contributed by atoms with Crippen molar-refractivity contribution >= 4 is 34.0 Å². The standard InChI is InChI=1S/C29H27N3O3/c1-17-14-15-23(18(2)16-17)30-29(34)27-19(3)26-24(12-7-13-25(26)35-27)31-32-28(33)22-11-6-9-20-8-4-5-10-21(20)22/h4-6,8-11,14-16H,7,12-13H2,1-3H3,(H,30,34)(H,32,33)/b31-24+. The van der Waals surface area contributed by atoms with Gasteiger partial charge in [0.05, 0.1) is 5.71 Å². The van der Waals surface area contributed by atoms with Gasteiger partial charge in [-0.25, -0.2) is 5.43 Å². The van der Waals surface area contributed by atoms with Crippen molar-refractivity contribution in [3.8, 4) is 0 Å². The van der Waals surface area contributed by atoms with E-state index in [-0.39, 0.29) is 17.6 Å². The van der Waals surface area contributed by atoms with E-state index in [1.807, 2.05) is 75.4 Å². The lowest BCUT2D eigenvalue weighted by atomic mass is 9.93. The van der Waals surface area contributed by atoms with Crippen molar-refractivity contribution in [3.63, 3.8) is 0 Å². The van der Waals surface area contributed by atoms with Crippen LogP contribution in [0.1, 0.15) is 61.8 Å². The molecule has 5 rings (SSSR count). The summed E-state index contributed by atoms with van der Waals surface area (Å²) in [5.41, 5.74) is 8.46. The second-order valence-electron chi connectivity index (χ2n) is 9.01. The van der Waals surface area contributed by atoms with Crippen molar-refractivity contribution in [3.05, 3.63) is 100 Å². The Hall–Kier alpha value is -4.19. The van der Waals surface area contributed by atoms with Crippen molar-refractivity contribution in [2.24, 2.45) is 5.10 Å². The molecule has 1 aromatic heterocycles. The van der Waals surface area contributed by atoms with Gasteiger partial charge in [-0.15, -0.1) is 0 Å². The Kier molecular flexibility index (Phi) is 5.95. The highest BCUT2D eigenvalue weighted by Gasteiger charge is 2.28. The summed E-state index contributed by atoms with van der Waals surface area (Å²) in [4.78, 5) is 26.0. The van der Waals surface area contributed by atoms with Crippen LogP contribution in [0.2, 0.25) is 0 Å². The number of fused-ring (bicyclic) bond motifs is 2. The summed E-state index contributed by atoms with van der Waals surface area (Å²) in [7, 11) is 0. The van der Waals surface area contributed by atoms with Crippen LogP contribution in [-0.4, -0.2) is 17.5 Å². The van der Waals surface area contributed by atoms with Gasteiger partial charge in [0, 0.05) is 28.8 Å². The molecule has 6 nitrogen and oxygen atoms in total. The second kappa shape index (κ2) is 9.22. The van der Waals surface area contributed by atoms with E-state index in [1.54, 1.807) is 6.07 Å². The summed E-state index contributed by atoms with van der Waals surface area (Å²) < 4.78 is 6.01. The number of hydrogen-bond donors (Lipinski definition) is 2. The van der Waals surface area contributed by atoms with Crippen LogP contribution in [-0.2, 0) is 6.42 Å². The Balaban J connectivity index is 1.41. The molecule has 1 aliphatic rings. The first kappa shape index (κ1) is 22.6. The summed E-state index contributed by atoms with van der Waals surface area (Å²) in [6.07, 6.45) is 2.26. The molecule has 0 spiro atoms. The average Bonchev–Trinajstić information content (AvgIpc) is 3.21. The van der Waals surface area contributed by atoms with E-state index in [1.165, 1.54) is 0 Å². The molecule has 2 N–H and O–H groups in total. The number of benzene rings is 3. The number of nitrogens with one attached hydrogen (secondary N) is 2. The number of anilines is 1. The normalized spacial score (nSPS) is 14.1. The van der Waals surface area contributed by atoms with Gasteiger partial charge in [0.2, 0.25) is 0 Å². The van der Waals surface area contributed by atoms with Crippen molar-refractivity contribution in [1.82, 2.24) is 5.43 Å². The number of rotatable bonds is 4. The number of aryl methyl sites for hydroxylation is 3. The average molecular weight is 466 g/mol. The predicted molar refractivity (Wildman–Crippen MR) is 138 cm³/mol. The van der Waals surface area contributed by atoms with E-state index in [2.05, 4.69) is 15.8 Å². The third kappa shape index (κ3) is 4.35. The lowest BCUT2D eigenvalue weighted by molar-refractivity contribution is 0.0955. The Labute approximate surface area is 204 Å². The van der Waals surface area contributed by atoms with Crippen LogP contribution >= 0.6 is 0 Å². The van der Waals surface area contributed by atoms with Crippen LogP contribution in [0.5, 0.6) is 0 Å². The number of hydrogen-bond acceptors (Lipinski definition) is 4. The minimum absolute atomic E-state index is 0.268. The van der Waals surface area contributed by atoms with Gasteiger partial charge in [0.1, 0.15) is 5.76 Å². The lowest BCUT2D eigenvalue weighted by Crippen LogP contribution is -2.22. The number of nitrogens with zero attached hydrogens (tertiary/aromatic N) is 1. The van der Waals surface area contributed by atoms with Crippen molar-refractivity contribution < 1.29 is 14.0 Å². The van der Waals surface area contributed by atoms with Crippen molar-refractivity contribution in [2.75, 3.05) is 5.32 Å². The van der Waals surface area contributed by atoms with E-state index in [0.717, 1.165) is 63.0 Å². The molecule has 176 valence electrons. The molecule has 0 fully saturated rings. The Morgan fingerprint density at radius 1 is 0.914 bits per heavy atom. The number of furan rings is 1. The van der Waals surface area contributed by atoms with Gasteiger partial charge < -0.3 is 9.73 Å². The van der Waals surface area contributed by atoms with Gasteiger partial charge in [0.15, 0.2) is 5.76 Å². The fourth-order valence-electron chi connectivity index (χ4n) is 4.73. The number of amides is 2. The van der Waals surface area contributed by atoms with Gasteiger partial charge in [-0.05, 0) is 62.1 Å². The fourth-order valence-corrected chi connectivity index (χ4v) is 4.73. The van der Waals surface area contributed by atoms with Crippen LogP contribution < -0.4 is 10.7 Å². The van der Waals surface area contributed by atoms with Crippen LogP contribution in [0, 0.1) is 20.8 Å². The van der Waals surface area contributed by atoms with E-state index in [0.29, 0.717) is 12.0 Å². The van der Waals surface area contributed by atoms with Crippen LogP contribution in [0.3, 0.4) is 0 Å². The molecule has 0 bridgehead atoms. The highest BCUT2D eigenvalue weighted by atomic mass is 16.4. The van der Waals surface area contributed by atoms with Crippen molar-refractivity contribution in [1.29, 1.82) is 0 Å². The molecule has 0 saturated carbocycles. The van der Waals surface area contributed by atoms with E-state index in [9.17, 15) is 9.59 Å². The van der Waals surface area contributed by atoms with Gasteiger partial charge in [0.25, 0.3) is 11.8 Å². The zero-order chi connectivity index (χ0) is 24.5. The summed E-state index contributed by atoms with van der Waals surface area (Å²) in [6, 6.07) is 19.3. The summed E-state index contributed by atoms with van der Waals surface area (Å²) in [6.45, 7) is 5.85. The molecule has 1 aliphatic carbocycles. The van der Waals surface area contributed by atoms with Gasteiger partial charge in [-0.3, -0.25) is 9.59 Å². The summed E-state index contributed by atoms with van der Waals surface area (Å²) in [5.74, 6) is 0.459. The molecule has 0 saturated heterocycles. The topological polar surface area (TPSA) is 83.7 Å². The van der Waals surface area contributed by atoms with Crippen molar-refractivity contribution in [2.45, 2.75) is 40.0 Å². The maximum atomic E-state index is 13.1. The maximum absolute atomic E-state index is 13.1. The van der Waals surface area contributed by atoms with E-state index < -0.39 is 0 Å². The Morgan fingerprint density at radius 3 is 2.54 bits per heavy atom. The molecule has 0 atom stereocenters. The number of hydrazone groups is 1. The monoisotopic (exact) mass is 465 g/mol. The predicted octanol–water partition coefficient (Wildman–Crippen LogP) is 6.08. The van der Waals surface area contributed by atoms with Gasteiger partial charge in [-0.2, -0.15) is 5.10 Å². The Morgan fingerprint density at radius 2 is 1.71 bits per heavy atom. The zero-order valence-electron chi connectivity index (χ0n) is 20.1. The molecule has 0 aliphatic heterocycles. The minimum Gasteiger partial charge on any atom is -0.455 e. The fraction of sp³-hybridized carbons (Fsp3) is 0.207. The van der Waals surface area contributed by atoms with Gasteiger partial charge in [-0.1, -0.05) is 54.1 Å². The van der Waals surface area contributed by atoms with E-state index in [4.69, 9.17) is 4.42 Å². The zero-order valence-corrected chi connectivity index (χ0v) is 20.1. The highest BCUT2D eigenvalue weighted by molar-refractivity contribution is 6.11. The Bertz CT molecular complexity index is 1490. The molecule has 6 heteroatoms. The first-order chi connectivity index (χ1) is 16.9. The molecular weight excluding hydrogens is 438 g/mol. The first-order valence-electron chi connectivity index (χ1n) is 11.8. The number of carbonyl (C=O) groups excluding carboxylic acids is 2. The summed E-state index contributed by atoms with van der Waals surface area (Å²) >= 11 is 0. The maximum Gasteiger partial charge on any atom is 0.291 e. The molecule has 0 radical (unpaired) electrons. The molecule has 1 heterocycles. The molecule has 2 amide bonds. The third-order valence-electron chi connectivity index (χ3n) is 6.49. The highest BCUT2D eigenvalue weighted by Crippen LogP contribution is 2.31. The van der Waals surface area contributed by atoms with Gasteiger partial charge >= 0.3 is 0 Å². The second-order valence-corrected chi connectivity index (χ2v) is 9.01. The smallest absolute Gasteiger partial charge is 0.291 e. The SMILES string of the molecule is Cc1ccc(NC(=O)c2oc3c(c2C)/C(=N/NC(=O)c2cccc4ccccc24)CCC3)c(C)c1. The quantitative estimate of drug-likeness (QED) is 0.358. The summed E-state index contributed by atoms with van der Waals surface area (Å²) in [5, 5.41) is 9.31. The molecular formula is C29H27N3O3. The number of carbonyl (C=O) groups is 2. The van der Waals surface area contributed by atoms with Crippen LogP contribution in [0.4, 0.5) is 5.69 Å². The molecule has 4 aromatic rings. The van der Waals surface area contributed by atoms with E-state index >= 15 is 0 Å². The molecule has 0 unspecified atom stereocenters. The first-order valence-corrected chi connectivity index (χ1v) is 11.8. The van der Waals surface area contributed by atoms with Crippen LogP contribution in [0.25, 0.3) is 10.8 Å². The lowest BCUT2D eigenvalue weighted by Gasteiger charge is -2.13. The van der Waals surface area contributed by atoms with Crippen LogP contribution in [0.15, 0.2) is 70.2 Å². The molecule has 35 heavy (non-hydrogen) atoms. The third-order valence-corrected chi connectivity index (χ3v) is 6.49. The molecule has 3 aromatic carbocycles. The minimum atomic E-state index is -0.289.